The van der Waals surface area contributed by atoms with E-state index < -0.39 is 16.4 Å². The highest BCUT2D eigenvalue weighted by Crippen LogP contribution is 2.54. The number of piperidine rings is 1. The van der Waals surface area contributed by atoms with Gasteiger partial charge in [0.2, 0.25) is 5.82 Å². The van der Waals surface area contributed by atoms with Crippen molar-refractivity contribution in [1.82, 2.24) is 0 Å². The van der Waals surface area contributed by atoms with Crippen molar-refractivity contribution in [1.29, 1.82) is 0 Å². The molecule has 2 fully saturated rings. The van der Waals surface area contributed by atoms with Crippen LogP contribution >= 0.6 is 15.9 Å². The van der Waals surface area contributed by atoms with Crippen molar-refractivity contribution < 1.29 is 9.31 Å². The zero-order valence-electron chi connectivity index (χ0n) is 10.4. The van der Waals surface area contributed by atoms with E-state index in [0.29, 0.717) is 15.6 Å². The van der Waals surface area contributed by atoms with Crippen molar-refractivity contribution in [2.24, 2.45) is 5.41 Å². The van der Waals surface area contributed by atoms with Gasteiger partial charge in [0.05, 0.1) is 4.92 Å². The Morgan fingerprint density at radius 1 is 1.26 bits per heavy atom. The lowest BCUT2D eigenvalue weighted by Gasteiger charge is -2.33. The molecule has 1 saturated heterocycles. The quantitative estimate of drug-likeness (QED) is 0.611. The number of benzene rings is 1. The van der Waals surface area contributed by atoms with Gasteiger partial charge in [0.1, 0.15) is 5.69 Å². The first-order chi connectivity index (χ1) is 9.01. The van der Waals surface area contributed by atoms with Crippen LogP contribution in [0.1, 0.15) is 25.7 Å². The molecule has 0 N–H and O–H groups in total. The SMILES string of the molecule is O=[N+]([O-])c1c(F)cc(Br)cc1N1CCC2(CC1)CC2. The first-order valence-corrected chi connectivity index (χ1v) is 7.18. The largest absolute Gasteiger partial charge is 0.366 e. The van der Waals surface area contributed by atoms with Crippen LogP contribution in [-0.4, -0.2) is 18.0 Å². The molecule has 1 aliphatic heterocycles. The first-order valence-electron chi connectivity index (χ1n) is 6.39. The van der Waals surface area contributed by atoms with Crippen LogP contribution in [0.5, 0.6) is 0 Å². The normalized spacial score (nSPS) is 20.6. The van der Waals surface area contributed by atoms with E-state index in [1.54, 1.807) is 6.07 Å². The average molecular weight is 329 g/mol. The van der Waals surface area contributed by atoms with E-state index in [9.17, 15) is 14.5 Å². The van der Waals surface area contributed by atoms with Crippen LogP contribution in [-0.2, 0) is 0 Å². The van der Waals surface area contributed by atoms with E-state index in [1.165, 1.54) is 12.8 Å². The van der Waals surface area contributed by atoms with Crippen molar-refractivity contribution in [3.8, 4) is 0 Å². The van der Waals surface area contributed by atoms with Gasteiger partial charge < -0.3 is 4.90 Å². The molecule has 0 aromatic heterocycles. The van der Waals surface area contributed by atoms with Gasteiger partial charge in [0.15, 0.2) is 0 Å². The third-order valence-electron chi connectivity index (χ3n) is 4.31. The van der Waals surface area contributed by atoms with Gasteiger partial charge in [-0.1, -0.05) is 15.9 Å². The first kappa shape index (κ1) is 12.8. The molecule has 0 unspecified atom stereocenters. The standard InChI is InChI=1S/C13H14BrFN2O2/c14-9-7-10(15)12(17(18)19)11(8-9)16-5-3-13(1-2-13)4-6-16/h7-8H,1-6H2. The Labute approximate surface area is 118 Å². The molecule has 0 amide bonds. The lowest BCUT2D eigenvalue weighted by Crippen LogP contribution is -2.34. The van der Waals surface area contributed by atoms with Gasteiger partial charge in [-0.3, -0.25) is 10.1 Å². The lowest BCUT2D eigenvalue weighted by atomic mass is 9.93. The topological polar surface area (TPSA) is 46.4 Å². The molecule has 1 aromatic carbocycles. The van der Waals surface area contributed by atoms with Crippen molar-refractivity contribution in [2.75, 3.05) is 18.0 Å². The molecule has 0 radical (unpaired) electrons. The maximum Gasteiger partial charge on any atom is 0.327 e. The molecule has 1 spiro atoms. The summed E-state index contributed by atoms with van der Waals surface area (Å²) in [6.07, 6.45) is 4.65. The summed E-state index contributed by atoms with van der Waals surface area (Å²) in [5.41, 5.74) is 0.484. The predicted octanol–water partition coefficient (Wildman–Crippen LogP) is 3.88. The van der Waals surface area contributed by atoms with Gasteiger partial charge in [0, 0.05) is 17.6 Å². The molecule has 1 heterocycles. The molecule has 3 rings (SSSR count). The number of nitrogens with zero attached hydrogens (tertiary/aromatic N) is 2. The molecule has 19 heavy (non-hydrogen) atoms. The lowest BCUT2D eigenvalue weighted by molar-refractivity contribution is -0.386. The number of halogens is 2. The van der Waals surface area contributed by atoms with Crippen LogP contribution in [0.2, 0.25) is 0 Å². The van der Waals surface area contributed by atoms with Gasteiger partial charge in [-0.25, -0.2) is 0 Å². The molecular formula is C13H14BrFN2O2. The molecule has 0 atom stereocenters. The fraction of sp³-hybridized carbons (Fsp3) is 0.538. The molecule has 1 saturated carbocycles. The number of rotatable bonds is 2. The van der Waals surface area contributed by atoms with Crippen molar-refractivity contribution in [3.63, 3.8) is 0 Å². The molecule has 0 bridgehead atoms. The van der Waals surface area contributed by atoms with Crippen LogP contribution in [0, 0.1) is 21.3 Å². The van der Waals surface area contributed by atoms with Gasteiger partial charge in [-0.15, -0.1) is 0 Å². The zero-order chi connectivity index (χ0) is 13.6. The van der Waals surface area contributed by atoms with Crippen LogP contribution in [0.3, 0.4) is 0 Å². The summed E-state index contributed by atoms with van der Waals surface area (Å²) >= 11 is 3.21. The fourth-order valence-electron chi connectivity index (χ4n) is 2.87. The Morgan fingerprint density at radius 3 is 2.42 bits per heavy atom. The number of hydrogen-bond donors (Lipinski definition) is 0. The van der Waals surface area contributed by atoms with E-state index in [1.807, 2.05) is 4.90 Å². The van der Waals surface area contributed by atoms with E-state index in [2.05, 4.69) is 15.9 Å². The number of nitro groups is 1. The van der Waals surface area contributed by atoms with Crippen LogP contribution in [0.15, 0.2) is 16.6 Å². The summed E-state index contributed by atoms with van der Waals surface area (Å²) in [6.45, 7) is 1.55. The Morgan fingerprint density at radius 2 is 1.89 bits per heavy atom. The number of anilines is 1. The monoisotopic (exact) mass is 328 g/mol. The van der Waals surface area contributed by atoms with Crippen molar-refractivity contribution >= 4 is 27.3 Å². The molecule has 2 aliphatic rings. The highest BCUT2D eigenvalue weighted by Gasteiger charge is 2.45. The van der Waals surface area contributed by atoms with Crippen LogP contribution in [0.25, 0.3) is 0 Å². The highest BCUT2D eigenvalue weighted by atomic mass is 79.9. The molecular weight excluding hydrogens is 315 g/mol. The van der Waals surface area contributed by atoms with Gasteiger partial charge in [-0.2, -0.15) is 4.39 Å². The highest BCUT2D eigenvalue weighted by molar-refractivity contribution is 9.10. The van der Waals surface area contributed by atoms with E-state index in [4.69, 9.17) is 0 Å². The minimum Gasteiger partial charge on any atom is -0.366 e. The van der Waals surface area contributed by atoms with E-state index >= 15 is 0 Å². The second kappa shape index (κ2) is 4.44. The zero-order valence-corrected chi connectivity index (χ0v) is 12.0. The van der Waals surface area contributed by atoms with Crippen LogP contribution < -0.4 is 4.90 Å². The fourth-order valence-corrected chi connectivity index (χ4v) is 3.29. The summed E-state index contributed by atoms with van der Waals surface area (Å²) in [4.78, 5) is 12.4. The van der Waals surface area contributed by atoms with Gasteiger partial charge >= 0.3 is 5.69 Å². The summed E-state index contributed by atoms with van der Waals surface area (Å²) in [5.74, 6) is -0.777. The summed E-state index contributed by atoms with van der Waals surface area (Å²) in [5, 5.41) is 11.1. The second-order valence-corrected chi connectivity index (χ2v) is 6.42. The van der Waals surface area contributed by atoms with Crippen molar-refractivity contribution in [2.45, 2.75) is 25.7 Å². The van der Waals surface area contributed by atoms with Gasteiger partial charge in [-0.05, 0) is 43.2 Å². The number of nitro benzene ring substituents is 1. The summed E-state index contributed by atoms with van der Waals surface area (Å²) in [7, 11) is 0. The smallest absolute Gasteiger partial charge is 0.327 e. The third-order valence-corrected chi connectivity index (χ3v) is 4.77. The predicted molar refractivity (Wildman–Crippen MR) is 73.9 cm³/mol. The van der Waals surface area contributed by atoms with Gasteiger partial charge in [0.25, 0.3) is 0 Å². The maximum absolute atomic E-state index is 13.8. The van der Waals surface area contributed by atoms with E-state index in [0.717, 1.165) is 32.0 Å². The minimum absolute atomic E-state index is 0.396. The minimum atomic E-state index is -0.777. The third kappa shape index (κ3) is 2.33. The van der Waals surface area contributed by atoms with E-state index in [-0.39, 0.29) is 0 Å². The molecule has 1 aliphatic carbocycles. The average Bonchev–Trinajstić information content (AvgIpc) is 3.08. The maximum atomic E-state index is 13.8. The molecule has 1 aromatic rings. The second-order valence-electron chi connectivity index (χ2n) is 5.50. The Kier molecular flexibility index (Phi) is 3.00. The molecule has 102 valence electrons. The Balaban J connectivity index is 1.93. The van der Waals surface area contributed by atoms with Crippen LogP contribution in [0.4, 0.5) is 15.8 Å². The Bertz CT molecular complexity index is 536. The number of hydrogen-bond acceptors (Lipinski definition) is 3. The molecule has 4 nitrogen and oxygen atoms in total. The molecule has 6 heteroatoms. The van der Waals surface area contributed by atoms with Crippen molar-refractivity contribution in [3.05, 3.63) is 32.5 Å². The summed E-state index contributed by atoms with van der Waals surface area (Å²) < 4.78 is 14.3. The Hall–Kier alpha value is -1.17. The summed E-state index contributed by atoms with van der Waals surface area (Å²) in [6, 6.07) is 2.79.